The zero-order chi connectivity index (χ0) is 22.6. The Morgan fingerprint density at radius 2 is 1.91 bits per heavy atom. The van der Waals surface area contributed by atoms with E-state index in [2.05, 4.69) is 10.2 Å². The molecule has 10 heteroatoms. The maximum atomic E-state index is 13.1. The zero-order valence-corrected chi connectivity index (χ0v) is 19.1. The fourth-order valence-corrected chi connectivity index (χ4v) is 6.01. The summed E-state index contributed by atoms with van der Waals surface area (Å²) in [5.41, 5.74) is 1.62. The molecular weight excluding hydrogens is 450 g/mol. The van der Waals surface area contributed by atoms with Crippen LogP contribution in [0.2, 0.25) is 0 Å². The lowest BCUT2D eigenvalue weighted by Crippen LogP contribution is -2.41. The first-order valence-corrected chi connectivity index (χ1v) is 12.9. The molecule has 1 aliphatic rings. The Bertz CT molecular complexity index is 1180. The number of nitrogens with zero attached hydrogens (tertiary/aromatic N) is 3. The van der Waals surface area contributed by atoms with E-state index in [0.717, 1.165) is 17.3 Å². The maximum Gasteiger partial charge on any atom is 0.277 e. The first-order valence-electron chi connectivity index (χ1n) is 10.1. The van der Waals surface area contributed by atoms with E-state index in [1.54, 1.807) is 18.1 Å². The number of aromatic nitrogens is 2. The Hall–Kier alpha value is -2.85. The van der Waals surface area contributed by atoms with Crippen LogP contribution < -0.4 is 4.74 Å². The van der Waals surface area contributed by atoms with Gasteiger partial charge in [0.25, 0.3) is 11.1 Å². The highest BCUT2D eigenvalue weighted by atomic mass is 32.2. The summed E-state index contributed by atoms with van der Waals surface area (Å²) in [4.78, 5) is 14.8. The third-order valence-corrected chi connectivity index (χ3v) is 7.78. The highest BCUT2D eigenvalue weighted by Crippen LogP contribution is 2.30. The Morgan fingerprint density at radius 3 is 2.62 bits per heavy atom. The summed E-state index contributed by atoms with van der Waals surface area (Å²) < 4.78 is 35.0. The number of thioether (sulfide) groups is 1. The van der Waals surface area contributed by atoms with Gasteiger partial charge in [0.15, 0.2) is 9.84 Å². The van der Waals surface area contributed by atoms with Crippen LogP contribution in [0.5, 0.6) is 5.75 Å². The molecule has 1 amide bonds. The van der Waals surface area contributed by atoms with Crippen molar-refractivity contribution in [2.24, 2.45) is 0 Å². The van der Waals surface area contributed by atoms with Crippen molar-refractivity contribution in [1.29, 1.82) is 0 Å². The van der Waals surface area contributed by atoms with Crippen molar-refractivity contribution in [3.05, 3.63) is 60.2 Å². The number of benzene rings is 2. The van der Waals surface area contributed by atoms with Crippen LogP contribution in [0.15, 0.2) is 64.2 Å². The molecule has 168 valence electrons. The predicted octanol–water partition coefficient (Wildman–Crippen LogP) is 3.05. The molecular formula is C22H23N3O5S2. The number of methoxy groups -OCH3 is 1. The third kappa shape index (κ3) is 5.31. The van der Waals surface area contributed by atoms with Gasteiger partial charge in [-0.15, -0.1) is 10.2 Å². The first-order chi connectivity index (χ1) is 15.4. The Labute approximate surface area is 190 Å². The zero-order valence-electron chi connectivity index (χ0n) is 17.5. The van der Waals surface area contributed by atoms with E-state index < -0.39 is 9.84 Å². The van der Waals surface area contributed by atoms with Gasteiger partial charge in [-0.1, -0.05) is 54.2 Å². The lowest BCUT2D eigenvalue weighted by atomic mass is 10.1. The monoisotopic (exact) mass is 473 g/mol. The molecule has 0 N–H and O–H groups in total. The smallest absolute Gasteiger partial charge is 0.277 e. The molecule has 32 heavy (non-hydrogen) atoms. The quantitative estimate of drug-likeness (QED) is 0.460. The van der Waals surface area contributed by atoms with Crippen LogP contribution in [-0.2, 0) is 21.2 Å². The second-order valence-corrected chi connectivity index (χ2v) is 10.6. The normalized spacial score (nSPS) is 17.2. The average molecular weight is 474 g/mol. The molecule has 8 nitrogen and oxygen atoms in total. The van der Waals surface area contributed by atoms with E-state index in [1.807, 2.05) is 48.5 Å². The molecule has 2 heterocycles. The summed E-state index contributed by atoms with van der Waals surface area (Å²) in [5.74, 6) is 0.916. The molecule has 0 radical (unpaired) electrons. The number of carbonyl (C=O) groups excluding carboxylic acids is 1. The molecule has 1 saturated heterocycles. The van der Waals surface area contributed by atoms with Crippen molar-refractivity contribution in [3.8, 4) is 17.2 Å². The topological polar surface area (TPSA) is 103 Å². The molecule has 0 bridgehead atoms. The molecule has 1 fully saturated rings. The van der Waals surface area contributed by atoms with Gasteiger partial charge in [0.05, 0.1) is 29.9 Å². The fourth-order valence-electron chi connectivity index (χ4n) is 3.63. The summed E-state index contributed by atoms with van der Waals surface area (Å²) in [6.07, 6.45) is 0.448. The molecule has 1 aliphatic heterocycles. The van der Waals surface area contributed by atoms with Gasteiger partial charge in [-0.2, -0.15) is 0 Å². The van der Waals surface area contributed by atoms with Gasteiger partial charge < -0.3 is 14.1 Å². The van der Waals surface area contributed by atoms with Crippen LogP contribution >= 0.6 is 11.8 Å². The van der Waals surface area contributed by atoms with Gasteiger partial charge in [-0.05, 0) is 24.1 Å². The molecule has 1 aromatic heterocycles. The minimum Gasteiger partial charge on any atom is -0.496 e. The number of ether oxygens (including phenoxy) is 1. The van der Waals surface area contributed by atoms with E-state index in [-0.39, 0.29) is 34.4 Å². The largest absolute Gasteiger partial charge is 0.496 e. The summed E-state index contributed by atoms with van der Waals surface area (Å²) >= 11 is 1.13. The van der Waals surface area contributed by atoms with Gasteiger partial charge in [-0.3, -0.25) is 4.79 Å². The van der Waals surface area contributed by atoms with Crippen LogP contribution in [0.4, 0.5) is 0 Å². The average Bonchev–Trinajstić information content (AvgIpc) is 3.42. The third-order valence-electron chi connectivity index (χ3n) is 5.23. The van der Waals surface area contributed by atoms with Gasteiger partial charge in [0.1, 0.15) is 5.75 Å². The second kappa shape index (κ2) is 9.74. The van der Waals surface area contributed by atoms with Crippen LogP contribution in [0.3, 0.4) is 0 Å². The summed E-state index contributed by atoms with van der Waals surface area (Å²) in [7, 11) is -1.56. The van der Waals surface area contributed by atoms with E-state index in [1.165, 1.54) is 0 Å². The van der Waals surface area contributed by atoms with Crippen molar-refractivity contribution in [2.45, 2.75) is 24.2 Å². The van der Waals surface area contributed by atoms with Crippen LogP contribution in [-0.4, -0.2) is 59.8 Å². The van der Waals surface area contributed by atoms with Crippen LogP contribution in [0.1, 0.15) is 12.0 Å². The van der Waals surface area contributed by atoms with Gasteiger partial charge >= 0.3 is 0 Å². The summed E-state index contributed by atoms with van der Waals surface area (Å²) in [6, 6.07) is 16.5. The SMILES string of the molecule is COc1ccccc1-c1nnc(SCC(=O)N(Cc2ccccc2)[C@H]2CCS(=O)(=O)C2)o1. The highest BCUT2D eigenvalue weighted by Gasteiger charge is 2.34. The summed E-state index contributed by atoms with van der Waals surface area (Å²) in [5, 5.41) is 8.35. The van der Waals surface area contributed by atoms with Crippen molar-refractivity contribution >= 4 is 27.5 Å². The number of para-hydroxylation sites is 1. The van der Waals surface area contributed by atoms with E-state index >= 15 is 0 Å². The fraction of sp³-hybridized carbons (Fsp3) is 0.318. The predicted molar refractivity (Wildman–Crippen MR) is 121 cm³/mol. The van der Waals surface area contributed by atoms with E-state index in [0.29, 0.717) is 30.2 Å². The number of carbonyl (C=O) groups is 1. The van der Waals surface area contributed by atoms with Gasteiger partial charge in [0, 0.05) is 12.6 Å². The van der Waals surface area contributed by atoms with Crippen LogP contribution in [0.25, 0.3) is 11.5 Å². The number of hydrogen-bond acceptors (Lipinski definition) is 8. The number of amides is 1. The lowest BCUT2D eigenvalue weighted by Gasteiger charge is -2.28. The van der Waals surface area contributed by atoms with E-state index in [4.69, 9.17) is 9.15 Å². The maximum absolute atomic E-state index is 13.1. The summed E-state index contributed by atoms with van der Waals surface area (Å²) in [6.45, 7) is 0.358. The number of sulfone groups is 1. The lowest BCUT2D eigenvalue weighted by molar-refractivity contribution is -0.130. The number of rotatable bonds is 8. The molecule has 0 spiro atoms. The van der Waals surface area contributed by atoms with Crippen molar-refractivity contribution in [1.82, 2.24) is 15.1 Å². The van der Waals surface area contributed by atoms with Gasteiger partial charge in [0.2, 0.25) is 5.91 Å². The Kier molecular flexibility index (Phi) is 6.80. The molecule has 1 atom stereocenters. The van der Waals surface area contributed by atoms with Crippen molar-refractivity contribution in [3.63, 3.8) is 0 Å². The van der Waals surface area contributed by atoms with Crippen LogP contribution in [0, 0.1) is 0 Å². The minimum absolute atomic E-state index is 0.00521. The Morgan fingerprint density at radius 1 is 1.16 bits per heavy atom. The van der Waals surface area contributed by atoms with Crippen molar-refractivity contribution in [2.75, 3.05) is 24.4 Å². The first kappa shape index (κ1) is 22.3. The van der Waals surface area contributed by atoms with Gasteiger partial charge in [-0.25, -0.2) is 8.42 Å². The minimum atomic E-state index is -3.12. The van der Waals surface area contributed by atoms with E-state index in [9.17, 15) is 13.2 Å². The highest BCUT2D eigenvalue weighted by molar-refractivity contribution is 7.99. The molecule has 3 aromatic rings. The van der Waals surface area contributed by atoms with Crippen molar-refractivity contribution < 1.29 is 22.4 Å². The second-order valence-electron chi connectivity index (χ2n) is 7.43. The standard InChI is InChI=1S/C22H23N3O5S2/c1-29-19-10-6-5-9-18(19)21-23-24-22(30-21)31-14-20(26)25(13-16-7-3-2-4-8-16)17-11-12-32(27,28)15-17/h2-10,17H,11-15H2,1H3/t17-/m0/s1. The number of hydrogen-bond donors (Lipinski definition) is 0. The molecule has 2 aromatic carbocycles. The molecule has 4 rings (SSSR count). The molecule has 0 aliphatic carbocycles. The Balaban J connectivity index is 1.46. The molecule has 0 unspecified atom stereocenters. The molecule has 0 saturated carbocycles.